The van der Waals surface area contributed by atoms with Gasteiger partial charge in [-0.05, 0) is 19.4 Å². The van der Waals surface area contributed by atoms with Crippen molar-refractivity contribution in [1.29, 1.82) is 0 Å². The first kappa shape index (κ1) is 12.4. The van der Waals surface area contributed by atoms with Gasteiger partial charge in [0.1, 0.15) is 0 Å². The Balaban J connectivity index is 3.34. The number of hydrogen-bond acceptors (Lipinski definition) is 2. The summed E-state index contributed by atoms with van der Waals surface area (Å²) in [6, 6.07) is 0. The van der Waals surface area contributed by atoms with E-state index in [0.717, 1.165) is 31.4 Å². The summed E-state index contributed by atoms with van der Waals surface area (Å²) < 4.78 is 5.01. The molecule has 0 aromatic rings. The molecule has 0 amide bonds. The van der Waals surface area contributed by atoms with E-state index in [0.29, 0.717) is 0 Å². The van der Waals surface area contributed by atoms with Crippen molar-refractivity contribution < 1.29 is 4.74 Å². The summed E-state index contributed by atoms with van der Waals surface area (Å²) in [4.78, 5) is 2.47. The molecule has 0 aromatic heterocycles. The average Bonchev–Trinajstić information content (AvgIpc) is 2.06. The van der Waals surface area contributed by atoms with Gasteiger partial charge in [-0.3, -0.25) is 0 Å². The van der Waals surface area contributed by atoms with Crippen LogP contribution in [0.4, 0.5) is 0 Å². The maximum Gasteiger partial charge on any atom is 0.0474 e. The summed E-state index contributed by atoms with van der Waals surface area (Å²) in [6.45, 7) is 6.61. The summed E-state index contributed by atoms with van der Waals surface area (Å²) in [5.41, 5.74) is 0. The number of hydrogen-bond donors (Lipinski definition) is 0. The average molecular weight is 238 g/mol. The summed E-state index contributed by atoms with van der Waals surface area (Å²) in [5, 5.41) is 1.07. The monoisotopic (exact) mass is 237 g/mol. The van der Waals surface area contributed by atoms with Crippen molar-refractivity contribution in [3.05, 3.63) is 0 Å². The minimum Gasteiger partial charge on any atom is -0.385 e. The van der Waals surface area contributed by atoms with E-state index in [1.165, 1.54) is 13.0 Å². The molecule has 0 radical (unpaired) electrons. The van der Waals surface area contributed by atoms with Crippen LogP contribution in [-0.4, -0.2) is 43.6 Å². The normalized spacial score (nSPS) is 11.0. The minimum absolute atomic E-state index is 0.877. The van der Waals surface area contributed by atoms with Crippen LogP contribution in [0.15, 0.2) is 0 Å². The second-order valence-corrected chi connectivity index (χ2v) is 3.67. The molecule has 0 saturated heterocycles. The van der Waals surface area contributed by atoms with E-state index < -0.39 is 0 Å². The van der Waals surface area contributed by atoms with Gasteiger partial charge in [0, 0.05) is 32.1 Å². The van der Waals surface area contributed by atoms with Crippen molar-refractivity contribution in [2.75, 3.05) is 38.7 Å². The first-order valence-electron chi connectivity index (χ1n) is 4.62. The fourth-order valence-electron chi connectivity index (χ4n) is 1.20. The smallest absolute Gasteiger partial charge is 0.0474 e. The largest absolute Gasteiger partial charge is 0.385 e. The molecule has 0 aliphatic carbocycles. The van der Waals surface area contributed by atoms with Crippen LogP contribution in [-0.2, 0) is 4.74 Å². The summed E-state index contributed by atoms with van der Waals surface area (Å²) in [7, 11) is 1.76. The van der Waals surface area contributed by atoms with Gasteiger partial charge in [0.25, 0.3) is 0 Å². The van der Waals surface area contributed by atoms with Crippen LogP contribution in [0.25, 0.3) is 0 Å². The SMILES string of the molecule is CCCN(CCBr)CCCOC. The first-order valence-corrected chi connectivity index (χ1v) is 5.74. The van der Waals surface area contributed by atoms with E-state index in [1.807, 2.05) is 0 Å². The van der Waals surface area contributed by atoms with Crippen molar-refractivity contribution in [3.8, 4) is 0 Å². The highest BCUT2D eigenvalue weighted by molar-refractivity contribution is 9.09. The summed E-state index contributed by atoms with van der Waals surface area (Å²) in [5.74, 6) is 0. The predicted octanol–water partition coefficient (Wildman–Crippen LogP) is 2.13. The van der Waals surface area contributed by atoms with Gasteiger partial charge in [-0.2, -0.15) is 0 Å². The van der Waals surface area contributed by atoms with Gasteiger partial charge in [-0.15, -0.1) is 0 Å². The lowest BCUT2D eigenvalue weighted by atomic mass is 10.3. The highest BCUT2D eigenvalue weighted by atomic mass is 79.9. The number of nitrogens with zero attached hydrogens (tertiary/aromatic N) is 1. The molecule has 0 saturated carbocycles. The molecule has 0 spiro atoms. The van der Waals surface area contributed by atoms with E-state index in [-0.39, 0.29) is 0 Å². The molecule has 0 fully saturated rings. The van der Waals surface area contributed by atoms with E-state index in [9.17, 15) is 0 Å². The van der Waals surface area contributed by atoms with Gasteiger partial charge in [0.15, 0.2) is 0 Å². The second-order valence-electron chi connectivity index (χ2n) is 2.88. The third-order valence-electron chi connectivity index (χ3n) is 1.76. The Morgan fingerprint density at radius 2 is 2.00 bits per heavy atom. The lowest BCUT2D eigenvalue weighted by Gasteiger charge is -2.19. The van der Waals surface area contributed by atoms with Gasteiger partial charge >= 0.3 is 0 Å². The molecule has 12 heavy (non-hydrogen) atoms. The molecule has 0 heterocycles. The third kappa shape index (κ3) is 7.07. The molecule has 74 valence electrons. The Kier molecular flexibility index (Phi) is 9.80. The second kappa shape index (κ2) is 9.49. The van der Waals surface area contributed by atoms with Crippen LogP contribution in [0.3, 0.4) is 0 Å². The highest BCUT2D eigenvalue weighted by Crippen LogP contribution is 1.96. The van der Waals surface area contributed by atoms with Crippen molar-refractivity contribution in [1.82, 2.24) is 4.90 Å². The van der Waals surface area contributed by atoms with Crippen LogP contribution in [0.2, 0.25) is 0 Å². The maximum atomic E-state index is 5.01. The van der Waals surface area contributed by atoms with Crippen molar-refractivity contribution >= 4 is 15.9 Å². The van der Waals surface area contributed by atoms with Crippen molar-refractivity contribution in [2.24, 2.45) is 0 Å². The first-order chi connectivity index (χ1) is 5.85. The number of alkyl halides is 1. The predicted molar refractivity (Wildman–Crippen MR) is 57.0 cm³/mol. The Hall–Kier alpha value is 0.400. The Bertz CT molecular complexity index is 84.6. The zero-order valence-electron chi connectivity index (χ0n) is 8.18. The topological polar surface area (TPSA) is 12.5 Å². The highest BCUT2D eigenvalue weighted by Gasteiger charge is 2.00. The zero-order valence-corrected chi connectivity index (χ0v) is 9.77. The van der Waals surface area contributed by atoms with Crippen molar-refractivity contribution in [2.45, 2.75) is 19.8 Å². The molecule has 0 N–H and O–H groups in total. The van der Waals surface area contributed by atoms with E-state index in [2.05, 4.69) is 27.8 Å². The molecular formula is C9H20BrNO. The van der Waals surface area contributed by atoms with Crippen molar-refractivity contribution in [3.63, 3.8) is 0 Å². The van der Waals surface area contributed by atoms with E-state index in [4.69, 9.17) is 4.74 Å². The molecule has 0 bridgehead atoms. The van der Waals surface area contributed by atoms with E-state index in [1.54, 1.807) is 7.11 Å². The Labute approximate surface area is 84.4 Å². The molecule has 0 aromatic carbocycles. The van der Waals surface area contributed by atoms with Gasteiger partial charge in [0.05, 0.1) is 0 Å². The quantitative estimate of drug-likeness (QED) is 0.474. The fraction of sp³-hybridized carbons (Fsp3) is 1.00. The standard InChI is InChI=1S/C9H20BrNO/c1-3-6-11(8-5-10)7-4-9-12-2/h3-9H2,1-2H3. The molecule has 2 nitrogen and oxygen atoms in total. The number of methoxy groups -OCH3 is 1. The summed E-state index contributed by atoms with van der Waals surface area (Å²) >= 11 is 3.46. The van der Waals surface area contributed by atoms with Crippen LogP contribution in [0.5, 0.6) is 0 Å². The fourth-order valence-corrected chi connectivity index (χ4v) is 1.71. The number of halogens is 1. The van der Waals surface area contributed by atoms with Crippen LogP contribution >= 0.6 is 15.9 Å². The van der Waals surface area contributed by atoms with Gasteiger partial charge < -0.3 is 9.64 Å². The molecule has 0 unspecified atom stereocenters. The molecule has 0 atom stereocenters. The number of rotatable bonds is 8. The van der Waals surface area contributed by atoms with Crippen LogP contribution in [0.1, 0.15) is 19.8 Å². The van der Waals surface area contributed by atoms with Gasteiger partial charge in [0.2, 0.25) is 0 Å². The van der Waals surface area contributed by atoms with Gasteiger partial charge in [-0.1, -0.05) is 22.9 Å². The summed E-state index contributed by atoms with van der Waals surface area (Å²) in [6.07, 6.45) is 2.38. The Morgan fingerprint density at radius 3 is 2.50 bits per heavy atom. The maximum absolute atomic E-state index is 5.01. The molecule has 0 aliphatic rings. The number of ether oxygens (including phenoxy) is 1. The molecule has 0 aliphatic heterocycles. The van der Waals surface area contributed by atoms with Gasteiger partial charge in [-0.25, -0.2) is 0 Å². The molecule has 3 heteroatoms. The minimum atomic E-state index is 0.877. The molecule has 0 rings (SSSR count). The zero-order chi connectivity index (χ0) is 9.23. The van der Waals surface area contributed by atoms with Crippen LogP contribution < -0.4 is 0 Å². The third-order valence-corrected chi connectivity index (χ3v) is 2.12. The van der Waals surface area contributed by atoms with Crippen LogP contribution in [0, 0.1) is 0 Å². The lowest BCUT2D eigenvalue weighted by molar-refractivity contribution is 0.174. The molecular weight excluding hydrogens is 218 g/mol. The lowest BCUT2D eigenvalue weighted by Crippen LogP contribution is -2.28. The van der Waals surface area contributed by atoms with E-state index >= 15 is 0 Å². The Morgan fingerprint density at radius 1 is 1.25 bits per heavy atom.